The van der Waals surface area contributed by atoms with Crippen molar-refractivity contribution in [1.82, 2.24) is 5.32 Å². The lowest BCUT2D eigenvalue weighted by molar-refractivity contribution is 0.211. The summed E-state index contributed by atoms with van der Waals surface area (Å²) >= 11 is 0. The van der Waals surface area contributed by atoms with Gasteiger partial charge in [-0.15, -0.1) is 0 Å². The molecule has 0 saturated heterocycles. The van der Waals surface area contributed by atoms with E-state index in [2.05, 4.69) is 64.2 Å². The molecule has 0 spiro atoms. The summed E-state index contributed by atoms with van der Waals surface area (Å²) in [7, 11) is 0. The molecule has 114 valence electrons. The number of rotatable bonds is 9. The lowest BCUT2D eigenvalue weighted by atomic mass is 9.99. The number of benzene rings is 1. The summed E-state index contributed by atoms with van der Waals surface area (Å²) in [4.78, 5) is 0. The molecule has 3 atom stereocenters. The molecule has 1 aromatic carbocycles. The molecule has 0 aliphatic carbocycles. The second kappa shape index (κ2) is 9.02. The highest BCUT2D eigenvalue weighted by molar-refractivity contribution is 5.29. The van der Waals surface area contributed by atoms with Gasteiger partial charge in [0.2, 0.25) is 0 Å². The Bertz CT molecular complexity index is 360. The van der Waals surface area contributed by atoms with Crippen LogP contribution in [0.25, 0.3) is 0 Å². The quantitative estimate of drug-likeness (QED) is 0.703. The summed E-state index contributed by atoms with van der Waals surface area (Å²) in [5.74, 6) is 1.59. The highest BCUT2D eigenvalue weighted by atomic mass is 16.5. The van der Waals surface area contributed by atoms with Crippen LogP contribution < -0.4 is 10.1 Å². The van der Waals surface area contributed by atoms with Crippen LogP contribution >= 0.6 is 0 Å². The first-order valence-corrected chi connectivity index (χ1v) is 8.06. The fraction of sp³-hybridized carbons (Fsp3) is 0.667. The van der Waals surface area contributed by atoms with Crippen molar-refractivity contribution < 1.29 is 4.74 Å². The standard InChI is InChI=1S/C18H31NO/c1-6-8-15(4)19-13-16(5)20-18-11-9-17(10-12-18)14(3)7-2/h9-12,14-16,19H,6-8,13H2,1-5H3. The Labute approximate surface area is 124 Å². The smallest absolute Gasteiger partial charge is 0.119 e. The van der Waals surface area contributed by atoms with Crippen LogP contribution in [0.3, 0.4) is 0 Å². The van der Waals surface area contributed by atoms with Gasteiger partial charge in [0.05, 0.1) is 0 Å². The highest BCUT2D eigenvalue weighted by Gasteiger charge is 2.07. The monoisotopic (exact) mass is 277 g/mol. The number of ether oxygens (including phenoxy) is 1. The summed E-state index contributed by atoms with van der Waals surface area (Å²) in [6.07, 6.45) is 3.82. The average Bonchev–Trinajstić information content (AvgIpc) is 2.45. The third-order valence-corrected chi connectivity index (χ3v) is 3.87. The normalized spacial score (nSPS) is 15.7. The van der Waals surface area contributed by atoms with E-state index in [1.807, 2.05) is 0 Å². The fourth-order valence-corrected chi connectivity index (χ4v) is 2.29. The molecule has 0 fully saturated rings. The molecular formula is C18H31NO. The summed E-state index contributed by atoms with van der Waals surface area (Å²) < 4.78 is 5.95. The Morgan fingerprint density at radius 3 is 2.25 bits per heavy atom. The second-order valence-corrected chi connectivity index (χ2v) is 5.90. The third-order valence-electron chi connectivity index (χ3n) is 3.87. The Balaban J connectivity index is 2.40. The molecule has 1 N–H and O–H groups in total. The molecule has 3 unspecified atom stereocenters. The minimum absolute atomic E-state index is 0.198. The van der Waals surface area contributed by atoms with Gasteiger partial charge in [0.15, 0.2) is 0 Å². The lowest BCUT2D eigenvalue weighted by Gasteiger charge is -2.19. The van der Waals surface area contributed by atoms with E-state index in [1.165, 1.54) is 24.8 Å². The molecule has 0 aliphatic rings. The van der Waals surface area contributed by atoms with Gasteiger partial charge in [-0.1, -0.05) is 39.3 Å². The predicted octanol–water partition coefficient (Wildman–Crippen LogP) is 4.75. The van der Waals surface area contributed by atoms with Gasteiger partial charge in [-0.2, -0.15) is 0 Å². The number of hydrogen-bond acceptors (Lipinski definition) is 2. The largest absolute Gasteiger partial charge is 0.489 e. The summed E-state index contributed by atoms with van der Waals surface area (Å²) in [6, 6.07) is 9.12. The summed E-state index contributed by atoms with van der Waals surface area (Å²) in [6.45, 7) is 12.0. The summed E-state index contributed by atoms with van der Waals surface area (Å²) in [5, 5.41) is 3.52. The van der Waals surface area contributed by atoms with Gasteiger partial charge >= 0.3 is 0 Å². The third kappa shape index (κ3) is 5.96. The Hall–Kier alpha value is -1.02. The Morgan fingerprint density at radius 2 is 1.70 bits per heavy atom. The van der Waals surface area contributed by atoms with Gasteiger partial charge in [-0.3, -0.25) is 0 Å². The fourth-order valence-electron chi connectivity index (χ4n) is 2.29. The van der Waals surface area contributed by atoms with E-state index in [0.29, 0.717) is 12.0 Å². The topological polar surface area (TPSA) is 21.3 Å². The zero-order chi connectivity index (χ0) is 15.0. The maximum absolute atomic E-state index is 5.95. The number of nitrogens with one attached hydrogen (secondary N) is 1. The molecule has 1 rings (SSSR count). The minimum atomic E-state index is 0.198. The van der Waals surface area contributed by atoms with Crippen LogP contribution in [0.5, 0.6) is 5.75 Å². The molecule has 0 heterocycles. The van der Waals surface area contributed by atoms with E-state index in [0.717, 1.165) is 12.3 Å². The van der Waals surface area contributed by atoms with Crippen LogP contribution in [-0.2, 0) is 0 Å². The Morgan fingerprint density at radius 1 is 1.05 bits per heavy atom. The van der Waals surface area contributed by atoms with E-state index in [-0.39, 0.29) is 6.10 Å². The first kappa shape index (κ1) is 17.0. The van der Waals surface area contributed by atoms with Gasteiger partial charge < -0.3 is 10.1 Å². The van der Waals surface area contributed by atoms with Crippen molar-refractivity contribution in [3.8, 4) is 5.75 Å². The predicted molar refractivity (Wildman–Crippen MR) is 87.6 cm³/mol. The van der Waals surface area contributed by atoms with Crippen LogP contribution in [-0.4, -0.2) is 18.7 Å². The van der Waals surface area contributed by atoms with Crippen molar-refractivity contribution in [2.75, 3.05) is 6.54 Å². The zero-order valence-electron chi connectivity index (χ0n) is 13.8. The molecule has 0 aromatic heterocycles. The Kier molecular flexibility index (Phi) is 7.68. The van der Waals surface area contributed by atoms with Crippen molar-refractivity contribution in [3.05, 3.63) is 29.8 Å². The van der Waals surface area contributed by atoms with Crippen LogP contribution in [0, 0.1) is 0 Å². The van der Waals surface area contributed by atoms with Crippen molar-refractivity contribution in [1.29, 1.82) is 0 Å². The van der Waals surface area contributed by atoms with E-state index in [4.69, 9.17) is 4.74 Å². The van der Waals surface area contributed by atoms with Crippen molar-refractivity contribution in [2.24, 2.45) is 0 Å². The van der Waals surface area contributed by atoms with Gasteiger partial charge in [-0.25, -0.2) is 0 Å². The molecule has 0 bridgehead atoms. The second-order valence-electron chi connectivity index (χ2n) is 5.90. The highest BCUT2D eigenvalue weighted by Crippen LogP contribution is 2.21. The van der Waals surface area contributed by atoms with E-state index in [9.17, 15) is 0 Å². The summed E-state index contributed by atoms with van der Waals surface area (Å²) in [5.41, 5.74) is 1.39. The minimum Gasteiger partial charge on any atom is -0.489 e. The maximum atomic E-state index is 5.95. The van der Waals surface area contributed by atoms with Gasteiger partial charge in [0.1, 0.15) is 11.9 Å². The zero-order valence-corrected chi connectivity index (χ0v) is 13.8. The van der Waals surface area contributed by atoms with Gasteiger partial charge in [0, 0.05) is 12.6 Å². The molecule has 0 saturated carbocycles. The SMILES string of the molecule is CCCC(C)NCC(C)Oc1ccc(C(C)CC)cc1. The lowest BCUT2D eigenvalue weighted by Crippen LogP contribution is -2.34. The molecule has 0 radical (unpaired) electrons. The van der Waals surface area contributed by atoms with Gasteiger partial charge in [0.25, 0.3) is 0 Å². The van der Waals surface area contributed by atoms with Crippen molar-refractivity contribution in [3.63, 3.8) is 0 Å². The molecule has 0 amide bonds. The van der Waals surface area contributed by atoms with E-state index >= 15 is 0 Å². The molecular weight excluding hydrogens is 246 g/mol. The van der Waals surface area contributed by atoms with Crippen LogP contribution in [0.1, 0.15) is 65.4 Å². The molecule has 0 aliphatic heterocycles. The van der Waals surface area contributed by atoms with Crippen molar-refractivity contribution >= 4 is 0 Å². The maximum Gasteiger partial charge on any atom is 0.119 e. The average molecular weight is 277 g/mol. The molecule has 2 nitrogen and oxygen atoms in total. The first-order valence-electron chi connectivity index (χ1n) is 8.06. The number of hydrogen-bond donors (Lipinski definition) is 1. The molecule has 1 aromatic rings. The molecule has 2 heteroatoms. The van der Waals surface area contributed by atoms with Crippen LogP contribution in [0.2, 0.25) is 0 Å². The molecule has 20 heavy (non-hydrogen) atoms. The van der Waals surface area contributed by atoms with E-state index < -0.39 is 0 Å². The van der Waals surface area contributed by atoms with Crippen LogP contribution in [0.4, 0.5) is 0 Å². The van der Waals surface area contributed by atoms with E-state index in [1.54, 1.807) is 0 Å². The van der Waals surface area contributed by atoms with Gasteiger partial charge in [-0.05, 0) is 50.3 Å². The van der Waals surface area contributed by atoms with Crippen molar-refractivity contribution in [2.45, 2.75) is 71.9 Å². The van der Waals surface area contributed by atoms with Crippen LogP contribution in [0.15, 0.2) is 24.3 Å². The first-order chi connectivity index (χ1) is 9.56.